The third-order valence-electron chi connectivity index (χ3n) is 8.70. The predicted molar refractivity (Wildman–Crippen MR) is 172 cm³/mol. The van der Waals surface area contributed by atoms with E-state index in [0.29, 0.717) is 27.4 Å². The normalized spacial score (nSPS) is 15.5. The van der Waals surface area contributed by atoms with Gasteiger partial charge in [0, 0.05) is 11.8 Å². The van der Waals surface area contributed by atoms with E-state index in [2.05, 4.69) is 75.0 Å². The summed E-state index contributed by atoms with van der Waals surface area (Å²) in [6, 6.07) is 30.0. The first-order chi connectivity index (χ1) is 22.5. The van der Waals surface area contributed by atoms with Crippen molar-refractivity contribution in [1.82, 2.24) is 18.7 Å². The molecule has 0 saturated heterocycles. The zero-order valence-corrected chi connectivity index (χ0v) is 26.8. The quantitative estimate of drug-likeness (QED) is 0.180. The molecular formula is C37H32N4O2Pt. The van der Waals surface area contributed by atoms with Crippen LogP contribution < -0.4 is 9.47 Å². The van der Waals surface area contributed by atoms with Crippen LogP contribution in [0.3, 0.4) is 0 Å². The standard InChI is InChI=1S/C37H32N4O2.Pt/c1-24-14-16-38-36(18-24)41-33-20-27(12-13-28(33)29-21-30-35(22-34(29)41)42-17-15-37(30,2)3)43-26-9-7-8-25(19-26)40-23-39(4)31-10-5-6-11-32(31)40;/h5-14,16,18-22H,15,17H2,1-4H3;/i4D3;. The summed E-state index contributed by atoms with van der Waals surface area (Å²) in [6.07, 6.45) is 2.81. The third kappa shape index (κ3) is 4.27. The molecule has 0 radical (unpaired) electrons. The molecule has 8 rings (SSSR count). The van der Waals surface area contributed by atoms with E-state index in [1.807, 2.05) is 71.4 Å². The molecule has 7 aromatic rings. The van der Waals surface area contributed by atoms with E-state index in [-0.39, 0.29) is 5.41 Å². The second-order valence-corrected chi connectivity index (χ2v) is 13.1. The molecule has 222 valence electrons. The third-order valence-corrected chi connectivity index (χ3v) is 9.72. The molecule has 4 heterocycles. The molecular weight excluding hydrogens is 728 g/mol. The van der Waals surface area contributed by atoms with Crippen LogP contribution in [-0.4, -0.2) is 25.3 Å². The van der Waals surface area contributed by atoms with Crippen LogP contribution in [0, 0.1) is 10.7 Å². The summed E-state index contributed by atoms with van der Waals surface area (Å²) in [4.78, 5) is 4.77. The summed E-state index contributed by atoms with van der Waals surface area (Å²) < 4.78 is 43.3. The van der Waals surface area contributed by atoms with E-state index in [9.17, 15) is 0 Å². The van der Waals surface area contributed by atoms with Crippen LogP contribution in [0.5, 0.6) is 17.2 Å². The van der Waals surface area contributed by atoms with Gasteiger partial charge in [0.2, 0.25) is 0 Å². The Kier molecular flexibility index (Phi) is 5.49. The number of imidazole rings is 1. The Morgan fingerprint density at radius 3 is 2.50 bits per heavy atom. The van der Waals surface area contributed by atoms with Gasteiger partial charge in [-0.1, -0.05) is 13.8 Å². The molecule has 1 aliphatic rings. The van der Waals surface area contributed by atoms with Crippen molar-refractivity contribution in [2.75, 3.05) is 6.61 Å². The van der Waals surface area contributed by atoms with Crippen molar-refractivity contribution in [1.29, 1.82) is 0 Å². The van der Waals surface area contributed by atoms with Crippen LogP contribution in [0.15, 0.2) is 97.2 Å². The number of pyridine rings is 1. The van der Waals surface area contributed by atoms with Gasteiger partial charge in [-0.2, -0.15) is 0 Å². The molecule has 6 nitrogen and oxygen atoms in total. The van der Waals surface area contributed by atoms with Crippen molar-refractivity contribution >= 4 is 32.8 Å². The minimum absolute atomic E-state index is 0.0114. The van der Waals surface area contributed by atoms with Gasteiger partial charge < -0.3 is 4.74 Å². The Labute approximate surface area is 270 Å². The number of hydrogen-bond acceptors (Lipinski definition) is 3. The Morgan fingerprint density at radius 1 is 0.841 bits per heavy atom. The van der Waals surface area contributed by atoms with Crippen LogP contribution in [0.1, 0.15) is 35.5 Å². The molecule has 0 bridgehead atoms. The number of benzene rings is 4. The Morgan fingerprint density at radius 2 is 1.66 bits per heavy atom. The fraction of sp³-hybridized carbons (Fsp3) is 0.189. The van der Waals surface area contributed by atoms with Crippen LogP contribution in [-0.2, 0) is 31.7 Å². The van der Waals surface area contributed by atoms with Crippen molar-refractivity contribution in [3.05, 3.63) is 112 Å². The van der Waals surface area contributed by atoms with Gasteiger partial charge in [0.15, 0.2) is 0 Å². The van der Waals surface area contributed by atoms with E-state index < -0.39 is 6.98 Å². The van der Waals surface area contributed by atoms with Crippen LogP contribution >= 0.6 is 0 Å². The number of fused-ring (bicyclic) bond motifs is 5. The van der Waals surface area contributed by atoms with Gasteiger partial charge in [-0.3, -0.25) is 0 Å². The summed E-state index contributed by atoms with van der Waals surface area (Å²) in [5.41, 5.74) is 6.62. The summed E-state index contributed by atoms with van der Waals surface area (Å²) in [5.74, 6) is 3.07. The predicted octanol–water partition coefficient (Wildman–Crippen LogP) is 8.70. The SMILES string of the molecule is [2H]C([2H])([2H])n1[c](=[Pt])n(-c2cccc(Oc3ccc4c5cc6c(cc5n(-c5cc(C)ccn5)c4c3)OCCC6(C)C)c2)c2ccccc21. The summed E-state index contributed by atoms with van der Waals surface area (Å²) in [7, 11) is 0. The van der Waals surface area contributed by atoms with Crippen LogP contribution in [0.25, 0.3) is 44.3 Å². The van der Waals surface area contributed by atoms with Crippen molar-refractivity contribution in [3.8, 4) is 28.8 Å². The molecule has 0 aliphatic carbocycles. The fourth-order valence-corrected chi connectivity index (χ4v) is 7.20. The molecule has 0 fully saturated rings. The zero-order valence-electron chi connectivity index (χ0n) is 27.6. The van der Waals surface area contributed by atoms with E-state index in [1.54, 1.807) is 0 Å². The molecule has 3 aromatic heterocycles. The molecule has 4 aromatic carbocycles. The number of hydrogen-bond donors (Lipinski definition) is 0. The average Bonchev–Trinajstić information content (AvgIpc) is 3.50. The summed E-state index contributed by atoms with van der Waals surface area (Å²) in [5, 5.41) is 2.25. The van der Waals surface area contributed by atoms with E-state index in [4.69, 9.17) is 18.6 Å². The second-order valence-electron chi connectivity index (χ2n) is 12.1. The number of nitrogens with zero attached hydrogens (tertiary/aromatic N) is 4. The molecule has 0 amide bonds. The van der Waals surface area contributed by atoms with Gasteiger partial charge in [-0.05, 0) is 30.4 Å². The van der Waals surface area contributed by atoms with Crippen molar-refractivity contribution < 1.29 is 32.9 Å². The molecule has 0 unspecified atom stereocenters. The first-order valence-electron chi connectivity index (χ1n) is 16.1. The minimum atomic E-state index is -2.32. The second kappa shape index (κ2) is 10.1. The zero-order chi connectivity index (χ0) is 32.7. The van der Waals surface area contributed by atoms with E-state index in [1.165, 1.54) is 10.1 Å². The molecule has 7 heteroatoms. The van der Waals surface area contributed by atoms with Gasteiger partial charge in [-0.25, -0.2) is 0 Å². The Bertz CT molecular complexity index is 2440. The first kappa shape index (κ1) is 24.0. The van der Waals surface area contributed by atoms with Gasteiger partial charge in [-0.15, -0.1) is 0 Å². The number of rotatable bonds is 4. The molecule has 0 atom stereocenters. The molecule has 0 spiro atoms. The number of aromatic nitrogens is 4. The van der Waals surface area contributed by atoms with Crippen LogP contribution in [0.4, 0.5) is 0 Å². The Balaban J connectivity index is 1.27. The molecule has 0 saturated carbocycles. The van der Waals surface area contributed by atoms with Gasteiger partial charge >= 0.3 is 198 Å². The van der Waals surface area contributed by atoms with E-state index >= 15 is 0 Å². The fourth-order valence-electron chi connectivity index (χ4n) is 6.36. The maximum absolute atomic E-state index is 8.17. The van der Waals surface area contributed by atoms with Crippen molar-refractivity contribution in [2.45, 2.75) is 32.6 Å². The number of aryl methyl sites for hydroxylation is 2. The molecule has 44 heavy (non-hydrogen) atoms. The summed E-state index contributed by atoms with van der Waals surface area (Å²) in [6.45, 7) is 5.00. The maximum atomic E-state index is 8.17. The van der Waals surface area contributed by atoms with E-state index in [0.717, 1.165) is 56.6 Å². The van der Waals surface area contributed by atoms with Gasteiger partial charge in [0.25, 0.3) is 0 Å². The van der Waals surface area contributed by atoms with Crippen LogP contribution in [0.2, 0.25) is 0 Å². The molecule has 1 aliphatic heterocycles. The number of para-hydroxylation sites is 2. The monoisotopic (exact) mass is 762 g/mol. The summed E-state index contributed by atoms with van der Waals surface area (Å²) >= 11 is 2.09. The Hall–Kier alpha value is -4.41. The first-order valence-corrected chi connectivity index (χ1v) is 15.8. The molecule has 0 N–H and O–H groups in total. The number of ether oxygens (including phenoxy) is 2. The topological polar surface area (TPSA) is 46.1 Å². The van der Waals surface area contributed by atoms with Crippen molar-refractivity contribution in [3.63, 3.8) is 0 Å². The van der Waals surface area contributed by atoms with Gasteiger partial charge in [0.1, 0.15) is 5.75 Å². The average molecular weight is 763 g/mol. The van der Waals surface area contributed by atoms with Crippen molar-refractivity contribution in [2.24, 2.45) is 6.98 Å². The van der Waals surface area contributed by atoms with Gasteiger partial charge in [0.05, 0.1) is 6.61 Å².